The number of hydrogen-bond donors (Lipinski definition) is 0. The van der Waals surface area contributed by atoms with Crippen molar-refractivity contribution in [3.8, 4) is 0 Å². The first-order chi connectivity index (χ1) is 12.1. The molecule has 0 N–H and O–H groups in total. The smallest absolute Gasteiger partial charge is 0.410 e. The van der Waals surface area contributed by atoms with Gasteiger partial charge in [-0.2, -0.15) is 0 Å². The molecule has 25 heavy (non-hydrogen) atoms. The summed E-state index contributed by atoms with van der Waals surface area (Å²) in [6, 6.07) is 0.197. The zero-order chi connectivity index (χ0) is 17.9. The zero-order valence-corrected chi connectivity index (χ0v) is 15.6. The van der Waals surface area contributed by atoms with E-state index in [1.165, 1.54) is 25.7 Å². The summed E-state index contributed by atoms with van der Waals surface area (Å²) in [5.41, 5.74) is 1.33. The Kier molecular flexibility index (Phi) is 5.55. The maximum absolute atomic E-state index is 12.6. The van der Waals surface area contributed by atoms with Crippen molar-refractivity contribution in [2.45, 2.75) is 57.9 Å². The van der Waals surface area contributed by atoms with Crippen molar-refractivity contribution >= 4 is 6.09 Å². The molecule has 3 rings (SSSR count). The molecule has 1 amide bonds. The van der Waals surface area contributed by atoms with Crippen LogP contribution in [0.1, 0.15) is 51.9 Å². The van der Waals surface area contributed by atoms with Crippen LogP contribution in [0.4, 0.5) is 4.79 Å². The van der Waals surface area contributed by atoms with Crippen LogP contribution in [0, 0.1) is 11.3 Å². The minimum absolute atomic E-state index is 0.159. The highest BCUT2D eigenvalue weighted by Crippen LogP contribution is 2.53. The standard InChI is InChI=1S/C21H31NO3/c1-4-25-20(23)22-14-13-21-11-6-5-7-18(21)19(22)15-16(2)8-9-17(24-3)10-12-21/h8-10,18-19H,2,4-7,11-15H2,1,3H3/b9-8-,17-10+/t18-,19+,21+/m1/s1. The molecule has 0 radical (unpaired) electrons. The van der Waals surface area contributed by atoms with Gasteiger partial charge in [0.05, 0.1) is 13.7 Å². The van der Waals surface area contributed by atoms with Gasteiger partial charge in [0.25, 0.3) is 0 Å². The van der Waals surface area contributed by atoms with Crippen molar-refractivity contribution < 1.29 is 14.3 Å². The van der Waals surface area contributed by atoms with Crippen LogP contribution < -0.4 is 0 Å². The zero-order valence-electron chi connectivity index (χ0n) is 15.6. The molecule has 0 aromatic rings. The lowest BCUT2D eigenvalue weighted by atomic mass is 9.57. The average Bonchev–Trinajstić information content (AvgIpc) is 2.61. The monoisotopic (exact) mass is 345 g/mol. The molecule has 1 saturated carbocycles. The van der Waals surface area contributed by atoms with Crippen LogP contribution in [0.5, 0.6) is 0 Å². The number of carbonyl (C=O) groups is 1. The largest absolute Gasteiger partial charge is 0.497 e. The Balaban J connectivity index is 1.96. The molecule has 0 unspecified atom stereocenters. The van der Waals surface area contributed by atoms with E-state index in [2.05, 4.69) is 12.7 Å². The van der Waals surface area contributed by atoms with E-state index in [-0.39, 0.29) is 17.6 Å². The number of piperidine rings is 1. The third-order valence-electron chi connectivity index (χ3n) is 6.34. The first-order valence-corrected chi connectivity index (χ1v) is 9.63. The van der Waals surface area contributed by atoms with E-state index < -0.39 is 0 Å². The van der Waals surface area contributed by atoms with Crippen molar-refractivity contribution in [3.63, 3.8) is 0 Å². The Bertz CT molecular complexity index is 580. The number of rotatable bonds is 2. The van der Waals surface area contributed by atoms with Gasteiger partial charge in [-0.15, -0.1) is 0 Å². The average molecular weight is 345 g/mol. The predicted octanol–water partition coefficient (Wildman–Crippen LogP) is 4.83. The van der Waals surface area contributed by atoms with Crippen LogP contribution in [-0.2, 0) is 9.47 Å². The molecular weight excluding hydrogens is 314 g/mol. The van der Waals surface area contributed by atoms with Gasteiger partial charge >= 0.3 is 6.09 Å². The number of methoxy groups -OCH3 is 1. The fraction of sp³-hybridized carbons (Fsp3) is 0.667. The topological polar surface area (TPSA) is 38.8 Å². The fourth-order valence-corrected chi connectivity index (χ4v) is 5.07. The van der Waals surface area contributed by atoms with E-state index >= 15 is 0 Å². The third kappa shape index (κ3) is 3.63. The van der Waals surface area contributed by atoms with Crippen LogP contribution >= 0.6 is 0 Å². The summed E-state index contributed by atoms with van der Waals surface area (Å²) >= 11 is 0. The molecule has 1 aliphatic heterocycles. The highest BCUT2D eigenvalue weighted by Gasteiger charge is 2.50. The summed E-state index contributed by atoms with van der Waals surface area (Å²) in [5, 5.41) is 0. The summed E-state index contributed by atoms with van der Waals surface area (Å²) in [5.74, 6) is 1.43. The molecule has 4 heteroatoms. The lowest BCUT2D eigenvalue weighted by Crippen LogP contribution is -2.57. The molecule has 2 fully saturated rings. The van der Waals surface area contributed by atoms with Crippen molar-refractivity contribution in [1.29, 1.82) is 0 Å². The summed E-state index contributed by atoms with van der Waals surface area (Å²) in [6.07, 6.45) is 14.0. The lowest BCUT2D eigenvalue weighted by Gasteiger charge is -2.55. The Morgan fingerprint density at radius 3 is 2.96 bits per heavy atom. The van der Waals surface area contributed by atoms with Gasteiger partial charge in [-0.05, 0) is 62.5 Å². The minimum atomic E-state index is -0.159. The van der Waals surface area contributed by atoms with Gasteiger partial charge in [0.2, 0.25) is 0 Å². The first kappa shape index (κ1) is 18.1. The van der Waals surface area contributed by atoms with Crippen molar-refractivity contribution in [1.82, 2.24) is 4.90 Å². The molecule has 4 nitrogen and oxygen atoms in total. The van der Waals surface area contributed by atoms with Gasteiger partial charge in [-0.25, -0.2) is 4.79 Å². The second-order valence-electron chi connectivity index (χ2n) is 7.63. The molecular formula is C21H31NO3. The summed E-state index contributed by atoms with van der Waals surface area (Å²) in [6.45, 7) is 7.32. The number of ether oxygens (including phenoxy) is 2. The molecule has 2 bridgehead atoms. The number of amides is 1. The van der Waals surface area contributed by atoms with Gasteiger partial charge in [0.1, 0.15) is 5.76 Å². The number of allylic oxidation sites excluding steroid dienone is 3. The molecule has 3 atom stereocenters. The number of carbonyl (C=O) groups excluding carboxylic acids is 1. The number of likely N-dealkylation sites (tertiary alicyclic amines) is 1. The second kappa shape index (κ2) is 7.67. The molecule has 138 valence electrons. The van der Waals surface area contributed by atoms with Crippen LogP contribution in [0.15, 0.2) is 36.1 Å². The van der Waals surface area contributed by atoms with Gasteiger partial charge in [0, 0.05) is 12.6 Å². The molecule has 3 aliphatic rings. The van der Waals surface area contributed by atoms with Crippen molar-refractivity contribution in [3.05, 3.63) is 36.1 Å². The summed E-state index contributed by atoms with van der Waals surface area (Å²) in [7, 11) is 1.73. The fourth-order valence-electron chi connectivity index (χ4n) is 5.07. The predicted molar refractivity (Wildman–Crippen MR) is 99.1 cm³/mol. The number of nitrogens with zero attached hydrogens (tertiary/aromatic N) is 1. The van der Waals surface area contributed by atoms with E-state index in [0.29, 0.717) is 12.5 Å². The highest BCUT2D eigenvalue weighted by atomic mass is 16.6. The highest BCUT2D eigenvalue weighted by molar-refractivity contribution is 5.68. The van der Waals surface area contributed by atoms with E-state index in [0.717, 1.165) is 37.1 Å². The van der Waals surface area contributed by atoms with E-state index in [4.69, 9.17) is 9.47 Å². The van der Waals surface area contributed by atoms with Crippen LogP contribution in [0.25, 0.3) is 0 Å². The van der Waals surface area contributed by atoms with Gasteiger partial charge in [-0.3, -0.25) is 0 Å². The molecule has 0 spiro atoms. The van der Waals surface area contributed by atoms with Crippen molar-refractivity contribution in [2.75, 3.05) is 20.3 Å². The normalized spacial score (nSPS) is 35.8. The molecule has 0 aromatic carbocycles. The first-order valence-electron chi connectivity index (χ1n) is 9.63. The summed E-state index contributed by atoms with van der Waals surface area (Å²) < 4.78 is 10.9. The Labute approximate surface area is 151 Å². The van der Waals surface area contributed by atoms with Gasteiger partial charge in [0.15, 0.2) is 0 Å². The second-order valence-corrected chi connectivity index (χ2v) is 7.63. The molecule has 1 heterocycles. The number of hydrogen-bond acceptors (Lipinski definition) is 3. The van der Waals surface area contributed by atoms with Crippen LogP contribution in [0.2, 0.25) is 0 Å². The molecule has 1 saturated heterocycles. The molecule has 0 aromatic heterocycles. The Hall–Kier alpha value is -1.71. The lowest BCUT2D eigenvalue weighted by molar-refractivity contribution is -0.0416. The van der Waals surface area contributed by atoms with Crippen LogP contribution in [-0.4, -0.2) is 37.3 Å². The minimum Gasteiger partial charge on any atom is -0.497 e. The van der Waals surface area contributed by atoms with Crippen LogP contribution in [0.3, 0.4) is 0 Å². The quantitative estimate of drug-likeness (QED) is 0.719. The maximum Gasteiger partial charge on any atom is 0.410 e. The van der Waals surface area contributed by atoms with Crippen molar-refractivity contribution in [2.24, 2.45) is 11.3 Å². The Morgan fingerprint density at radius 1 is 1.36 bits per heavy atom. The maximum atomic E-state index is 12.6. The summed E-state index contributed by atoms with van der Waals surface area (Å²) in [4.78, 5) is 14.5. The Morgan fingerprint density at radius 2 is 2.20 bits per heavy atom. The van der Waals surface area contributed by atoms with E-state index in [1.54, 1.807) is 7.11 Å². The van der Waals surface area contributed by atoms with Gasteiger partial charge in [-0.1, -0.05) is 31.1 Å². The van der Waals surface area contributed by atoms with Gasteiger partial charge < -0.3 is 14.4 Å². The molecule has 2 aliphatic carbocycles. The van der Waals surface area contributed by atoms with E-state index in [9.17, 15) is 4.79 Å². The van der Waals surface area contributed by atoms with E-state index in [1.807, 2.05) is 24.0 Å². The SMILES string of the molecule is C=C1/C=C\C(OC)=C/C[C@]23CCCC[C@@H]2[C@H](C1)N(C(=O)OCC)CC3. The third-order valence-corrected chi connectivity index (χ3v) is 6.34.